The van der Waals surface area contributed by atoms with Crippen LogP contribution in [0, 0.1) is 5.82 Å². The Kier molecular flexibility index (Phi) is 6.21. The molecular weight excluding hydrogens is 460 g/mol. The number of nitrogens with one attached hydrogen (secondary N) is 1. The Morgan fingerprint density at radius 1 is 1.36 bits per heavy atom. The maximum absolute atomic E-state index is 14.9. The predicted octanol–water partition coefficient (Wildman–Crippen LogP) is 1.59. The molecule has 0 spiro atoms. The number of anilines is 2. The molecule has 12 nitrogen and oxygen atoms in total. The van der Waals surface area contributed by atoms with Crippen molar-refractivity contribution < 1.29 is 37.6 Å². The van der Waals surface area contributed by atoms with Gasteiger partial charge in [-0.15, -0.1) is 0 Å². The van der Waals surface area contributed by atoms with E-state index in [4.69, 9.17) is 14.5 Å². The average molecular weight is 481 g/mol. The molecule has 1 saturated heterocycles. The van der Waals surface area contributed by atoms with Crippen molar-refractivity contribution >= 4 is 31.2 Å². The molecule has 2 aliphatic rings. The van der Waals surface area contributed by atoms with E-state index >= 15 is 0 Å². The van der Waals surface area contributed by atoms with Crippen molar-refractivity contribution in [1.29, 1.82) is 0 Å². The number of hydrogen-bond acceptors (Lipinski definition) is 7. The third kappa shape index (κ3) is 5.40. The van der Waals surface area contributed by atoms with Crippen LogP contribution in [0.15, 0.2) is 36.4 Å². The van der Waals surface area contributed by atoms with E-state index in [0.29, 0.717) is 24.5 Å². The van der Waals surface area contributed by atoms with Crippen molar-refractivity contribution in [1.82, 2.24) is 15.1 Å². The first-order chi connectivity index (χ1) is 15.6. The minimum Gasteiger partial charge on any atom is -0.411 e. The number of carbonyl (C=O) groups is 2. The van der Waals surface area contributed by atoms with Gasteiger partial charge in [-0.25, -0.2) is 13.8 Å². The summed E-state index contributed by atoms with van der Waals surface area (Å²) in [4.78, 5) is 43.6. The first-order valence-corrected chi connectivity index (χ1v) is 11.4. The molecule has 3 N–H and O–H groups in total. The van der Waals surface area contributed by atoms with E-state index in [0.717, 1.165) is 11.3 Å². The van der Waals surface area contributed by atoms with Gasteiger partial charge in [-0.2, -0.15) is 5.10 Å². The molecule has 0 atom stereocenters. The Hall–Kier alpha value is -3.25. The summed E-state index contributed by atoms with van der Waals surface area (Å²) >= 11 is 0. The fourth-order valence-electron chi connectivity index (χ4n) is 3.54. The van der Waals surface area contributed by atoms with Gasteiger partial charge in [0.25, 0.3) is 0 Å². The summed E-state index contributed by atoms with van der Waals surface area (Å²) in [5.74, 6) is -0.583. The van der Waals surface area contributed by atoms with Crippen LogP contribution >= 0.6 is 7.82 Å². The maximum atomic E-state index is 14.9. The predicted molar refractivity (Wildman–Crippen MR) is 112 cm³/mol. The molecule has 1 fully saturated rings. The van der Waals surface area contributed by atoms with Gasteiger partial charge in [-0.1, -0.05) is 0 Å². The highest BCUT2D eigenvalue weighted by Crippen LogP contribution is 2.36. The van der Waals surface area contributed by atoms with Gasteiger partial charge < -0.3 is 24.7 Å². The van der Waals surface area contributed by atoms with E-state index in [9.17, 15) is 18.5 Å². The zero-order valence-electron chi connectivity index (χ0n) is 17.5. The number of hydrogen-bond donors (Lipinski definition) is 3. The lowest BCUT2D eigenvalue weighted by atomic mass is 10.2. The summed E-state index contributed by atoms with van der Waals surface area (Å²) < 4.78 is 36.7. The number of nitrogens with zero attached hydrogens (tertiary/aromatic N) is 4. The van der Waals surface area contributed by atoms with Crippen molar-refractivity contribution in [2.24, 2.45) is 0 Å². The maximum Gasteiger partial charge on any atom is 0.469 e. The fraction of sp³-hybridized carbons (Fsp3) is 0.316. The third-order valence-electron chi connectivity index (χ3n) is 4.98. The van der Waals surface area contributed by atoms with Crippen LogP contribution in [0.2, 0.25) is 0 Å². The van der Waals surface area contributed by atoms with Gasteiger partial charge in [0.2, 0.25) is 5.91 Å². The number of rotatable bonds is 7. The summed E-state index contributed by atoms with van der Waals surface area (Å²) in [6.45, 7) is 2.13. The summed E-state index contributed by atoms with van der Waals surface area (Å²) in [5.41, 5.74) is 2.26. The molecule has 1 aromatic carbocycles. The second kappa shape index (κ2) is 8.94. The number of carbonyl (C=O) groups excluding carboxylic acids is 2. The molecule has 33 heavy (non-hydrogen) atoms. The second-order valence-corrected chi connectivity index (χ2v) is 8.68. The lowest BCUT2D eigenvalue weighted by Gasteiger charge is -2.20. The second-order valence-electron chi connectivity index (χ2n) is 7.44. The van der Waals surface area contributed by atoms with Gasteiger partial charge >= 0.3 is 13.9 Å². The number of benzene rings is 1. The lowest BCUT2D eigenvalue weighted by molar-refractivity contribution is -0.118. The highest BCUT2D eigenvalue weighted by molar-refractivity contribution is 7.46. The van der Waals surface area contributed by atoms with E-state index in [-0.39, 0.29) is 31.4 Å². The van der Waals surface area contributed by atoms with Crippen molar-refractivity contribution in [3.05, 3.63) is 53.4 Å². The highest BCUT2D eigenvalue weighted by atomic mass is 31.2. The third-order valence-corrected chi connectivity index (χ3v) is 5.50. The Bertz CT molecular complexity index is 1150. The van der Waals surface area contributed by atoms with Gasteiger partial charge in [0, 0.05) is 31.4 Å². The molecule has 0 aliphatic carbocycles. The number of aromatic nitrogens is 2. The molecule has 1 aromatic heterocycles. The van der Waals surface area contributed by atoms with E-state index in [1.807, 2.05) is 0 Å². The molecule has 14 heteroatoms. The van der Waals surface area contributed by atoms with Crippen LogP contribution in [0.25, 0.3) is 0 Å². The number of halogens is 1. The van der Waals surface area contributed by atoms with Crippen molar-refractivity contribution in [2.45, 2.75) is 26.6 Å². The fourth-order valence-corrected chi connectivity index (χ4v) is 3.86. The standard InChI is InChI=1S/C19H21FN5O7P/c1-12(26)21-7-15-10-25(19(27)32-15)14-2-3-18(16(20)6-14)23-8-13-9-24(22-17(13)11-23)4-5-31-33(28,29)30/h2-3,6-7,9H,4-5,8,10-11H2,1H3,(H,21,26)(H2,28,29,30)/b15-7-. The van der Waals surface area contributed by atoms with Crippen molar-refractivity contribution in [3.8, 4) is 0 Å². The first-order valence-electron chi connectivity index (χ1n) is 9.84. The normalized spacial score (nSPS) is 17.0. The molecule has 3 heterocycles. The van der Waals surface area contributed by atoms with Crippen LogP contribution in [0.4, 0.5) is 20.6 Å². The number of ether oxygens (including phenoxy) is 1. The summed E-state index contributed by atoms with van der Waals surface area (Å²) in [7, 11) is -4.53. The van der Waals surface area contributed by atoms with Gasteiger partial charge in [-0.05, 0) is 18.2 Å². The number of phosphoric acid groups is 1. The Morgan fingerprint density at radius 3 is 2.82 bits per heavy atom. The van der Waals surface area contributed by atoms with E-state index < -0.39 is 19.7 Å². The molecule has 4 rings (SSSR count). The van der Waals surface area contributed by atoms with Crippen LogP contribution < -0.4 is 15.1 Å². The minimum atomic E-state index is -4.53. The quantitative estimate of drug-likeness (QED) is 0.502. The summed E-state index contributed by atoms with van der Waals surface area (Å²) in [6, 6.07) is 4.42. The average Bonchev–Trinajstić information content (AvgIpc) is 3.38. The van der Waals surface area contributed by atoms with Crippen LogP contribution in [0.1, 0.15) is 18.2 Å². The van der Waals surface area contributed by atoms with E-state index in [2.05, 4.69) is 14.9 Å². The van der Waals surface area contributed by atoms with Crippen LogP contribution in [0.5, 0.6) is 0 Å². The van der Waals surface area contributed by atoms with Crippen LogP contribution in [-0.4, -0.2) is 44.7 Å². The molecular formula is C19H21FN5O7P. The van der Waals surface area contributed by atoms with Crippen LogP contribution in [0.3, 0.4) is 0 Å². The first kappa shape index (κ1) is 22.9. The molecule has 0 unspecified atom stereocenters. The molecule has 0 radical (unpaired) electrons. The lowest BCUT2D eigenvalue weighted by Crippen LogP contribution is -2.24. The Labute approximate surface area is 187 Å². The molecule has 0 bridgehead atoms. The molecule has 2 aliphatic heterocycles. The van der Waals surface area contributed by atoms with Crippen LogP contribution in [-0.2, 0) is 38.3 Å². The van der Waals surface area contributed by atoms with Gasteiger partial charge in [0.1, 0.15) is 11.6 Å². The number of amides is 2. The van der Waals surface area contributed by atoms with E-state index in [1.54, 1.807) is 23.2 Å². The zero-order chi connectivity index (χ0) is 23.8. The van der Waals surface area contributed by atoms with Gasteiger partial charge in [0.05, 0.1) is 43.3 Å². The number of cyclic esters (lactones) is 1. The largest absolute Gasteiger partial charge is 0.469 e. The van der Waals surface area contributed by atoms with Gasteiger partial charge in [-0.3, -0.25) is 18.9 Å². The zero-order valence-corrected chi connectivity index (χ0v) is 18.4. The molecule has 2 aromatic rings. The summed E-state index contributed by atoms with van der Waals surface area (Å²) in [5, 5.41) is 6.79. The number of phosphoric ester groups is 1. The molecule has 2 amide bonds. The monoisotopic (exact) mass is 481 g/mol. The topological polar surface area (TPSA) is 146 Å². The smallest absolute Gasteiger partial charge is 0.411 e. The molecule has 176 valence electrons. The SMILES string of the molecule is CC(=O)N/C=C1/CN(c2ccc(N3Cc4cn(CCOP(=O)(O)O)nc4C3)c(F)c2)C(=O)O1. The molecule has 0 saturated carbocycles. The minimum absolute atomic E-state index is 0.0624. The van der Waals surface area contributed by atoms with Gasteiger partial charge in [0.15, 0.2) is 0 Å². The number of fused-ring (bicyclic) bond motifs is 1. The Morgan fingerprint density at radius 2 is 2.15 bits per heavy atom. The summed E-state index contributed by atoms with van der Waals surface area (Å²) in [6.07, 6.45) is 2.36. The van der Waals surface area contributed by atoms with Crippen molar-refractivity contribution in [3.63, 3.8) is 0 Å². The Balaban J connectivity index is 1.40. The highest BCUT2D eigenvalue weighted by Gasteiger charge is 2.30. The van der Waals surface area contributed by atoms with Crippen molar-refractivity contribution in [2.75, 3.05) is 23.0 Å². The van der Waals surface area contributed by atoms with E-state index in [1.165, 1.54) is 28.8 Å².